The first-order valence-electron chi connectivity index (χ1n) is 6.68. The molecule has 110 valence electrons. The number of nitrogens with zero attached hydrogens (tertiary/aromatic N) is 2. The molecular weight excluding hydrogens is 248 g/mol. The molecule has 1 rings (SSSR count). The van der Waals surface area contributed by atoms with Crippen LogP contribution in [0.4, 0.5) is 4.79 Å². The summed E-state index contributed by atoms with van der Waals surface area (Å²) >= 11 is 0. The van der Waals surface area contributed by atoms with Crippen molar-refractivity contribution in [3.05, 3.63) is 0 Å². The average Bonchev–Trinajstić information content (AvgIpc) is 2.35. The number of piperidine rings is 1. The first-order chi connectivity index (χ1) is 8.76. The number of hydrogen-bond donors (Lipinski definition) is 2. The summed E-state index contributed by atoms with van der Waals surface area (Å²) in [5.41, 5.74) is -0.713. The minimum atomic E-state index is -0.790. The Kier molecular flexibility index (Phi) is 5.17. The Labute approximate surface area is 114 Å². The number of likely N-dealkylation sites (tertiary alicyclic amines) is 1. The Hall–Kier alpha value is -1.30. The maximum atomic E-state index is 12.1. The van der Waals surface area contributed by atoms with Crippen LogP contribution in [-0.4, -0.2) is 64.8 Å². The molecule has 1 fully saturated rings. The van der Waals surface area contributed by atoms with Crippen LogP contribution in [0.1, 0.15) is 33.1 Å². The molecule has 1 heterocycles. The first-order valence-corrected chi connectivity index (χ1v) is 6.68. The van der Waals surface area contributed by atoms with E-state index >= 15 is 0 Å². The van der Waals surface area contributed by atoms with Crippen molar-refractivity contribution in [2.24, 2.45) is 5.41 Å². The van der Waals surface area contributed by atoms with Crippen LogP contribution in [0.2, 0.25) is 0 Å². The molecule has 6 heteroatoms. The average molecular weight is 272 g/mol. The van der Waals surface area contributed by atoms with Crippen LogP contribution >= 0.6 is 0 Å². The predicted molar refractivity (Wildman–Crippen MR) is 70.9 cm³/mol. The van der Waals surface area contributed by atoms with Crippen molar-refractivity contribution < 1.29 is 19.8 Å². The van der Waals surface area contributed by atoms with Gasteiger partial charge in [0.25, 0.3) is 0 Å². The Morgan fingerprint density at radius 1 is 1.37 bits per heavy atom. The summed E-state index contributed by atoms with van der Waals surface area (Å²) in [5.74, 6) is -0.790. The Morgan fingerprint density at radius 2 is 1.89 bits per heavy atom. The summed E-state index contributed by atoms with van der Waals surface area (Å²) in [4.78, 5) is 26.5. The molecule has 19 heavy (non-hydrogen) atoms. The van der Waals surface area contributed by atoms with Crippen LogP contribution in [0.5, 0.6) is 0 Å². The van der Waals surface area contributed by atoms with Gasteiger partial charge in [-0.05, 0) is 33.1 Å². The molecule has 0 aromatic carbocycles. The van der Waals surface area contributed by atoms with Crippen molar-refractivity contribution in [3.63, 3.8) is 0 Å². The highest BCUT2D eigenvalue weighted by molar-refractivity contribution is 5.76. The van der Waals surface area contributed by atoms with E-state index in [-0.39, 0.29) is 6.03 Å². The number of carbonyl (C=O) groups is 2. The molecule has 1 aliphatic rings. The highest BCUT2D eigenvalue weighted by Gasteiger charge is 2.38. The molecule has 2 N–H and O–H groups in total. The van der Waals surface area contributed by atoms with Crippen LogP contribution in [0.3, 0.4) is 0 Å². The Balaban J connectivity index is 2.46. The number of urea groups is 1. The summed E-state index contributed by atoms with van der Waals surface area (Å²) < 4.78 is 0. The van der Waals surface area contributed by atoms with E-state index in [9.17, 15) is 14.7 Å². The predicted octanol–water partition coefficient (Wildman–Crippen LogP) is 0.996. The number of hydrogen-bond acceptors (Lipinski definition) is 3. The SMILES string of the molecule is CC(O)CCN(C)C(=O)N1CCC(C)(C(=O)O)CC1. The van der Waals surface area contributed by atoms with E-state index in [1.807, 2.05) is 0 Å². The standard InChI is InChI=1S/C13H24N2O4/c1-10(16)4-7-14(3)12(19)15-8-5-13(2,6-9-15)11(17)18/h10,16H,4-9H2,1-3H3,(H,17,18). The molecular formula is C13H24N2O4. The second-order valence-corrected chi connectivity index (χ2v) is 5.69. The number of carboxylic acid groups (broad SMARTS) is 1. The van der Waals surface area contributed by atoms with E-state index in [1.165, 1.54) is 0 Å². The molecule has 0 saturated carbocycles. The van der Waals surface area contributed by atoms with Gasteiger partial charge in [0.2, 0.25) is 0 Å². The lowest BCUT2D eigenvalue weighted by atomic mass is 9.80. The maximum absolute atomic E-state index is 12.1. The third-order valence-electron chi connectivity index (χ3n) is 3.86. The lowest BCUT2D eigenvalue weighted by molar-refractivity contribution is -0.150. The van der Waals surface area contributed by atoms with Gasteiger partial charge in [-0.25, -0.2) is 4.79 Å². The zero-order chi connectivity index (χ0) is 14.6. The second kappa shape index (κ2) is 6.23. The molecule has 1 aliphatic heterocycles. The Morgan fingerprint density at radius 3 is 2.32 bits per heavy atom. The van der Waals surface area contributed by atoms with Gasteiger partial charge in [0, 0.05) is 26.7 Å². The van der Waals surface area contributed by atoms with E-state index in [0.717, 1.165) is 0 Å². The molecule has 1 unspecified atom stereocenters. The van der Waals surface area contributed by atoms with Gasteiger partial charge in [0.1, 0.15) is 0 Å². The summed E-state index contributed by atoms with van der Waals surface area (Å²) in [7, 11) is 1.70. The van der Waals surface area contributed by atoms with Crippen LogP contribution in [0, 0.1) is 5.41 Å². The van der Waals surface area contributed by atoms with E-state index in [4.69, 9.17) is 5.11 Å². The molecule has 0 radical (unpaired) electrons. The molecule has 0 spiro atoms. The molecule has 1 saturated heterocycles. The molecule has 0 aliphatic carbocycles. The van der Waals surface area contributed by atoms with Crippen molar-refractivity contribution in [3.8, 4) is 0 Å². The van der Waals surface area contributed by atoms with Crippen molar-refractivity contribution in [2.45, 2.75) is 39.2 Å². The lowest BCUT2D eigenvalue weighted by Crippen LogP contribution is -2.49. The number of rotatable bonds is 4. The van der Waals surface area contributed by atoms with Crippen LogP contribution in [0.25, 0.3) is 0 Å². The smallest absolute Gasteiger partial charge is 0.319 e. The number of aliphatic carboxylic acids is 1. The number of amides is 2. The zero-order valence-corrected chi connectivity index (χ0v) is 11.9. The van der Waals surface area contributed by atoms with Crippen molar-refractivity contribution in [1.82, 2.24) is 9.80 Å². The van der Waals surface area contributed by atoms with Crippen molar-refractivity contribution >= 4 is 12.0 Å². The van der Waals surface area contributed by atoms with Gasteiger partial charge in [-0.15, -0.1) is 0 Å². The summed E-state index contributed by atoms with van der Waals surface area (Å²) in [6, 6.07) is -0.0897. The van der Waals surface area contributed by atoms with Gasteiger partial charge < -0.3 is 20.0 Å². The largest absolute Gasteiger partial charge is 0.481 e. The Bertz CT molecular complexity index is 336. The van der Waals surface area contributed by atoms with Gasteiger partial charge in [-0.1, -0.05) is 0 Å². The third kappa shape index (κ3) is 4.09. The third-order valence-corrected chi connectivity index (χ3v) is 3.86. The van der Waals surface area contributed by atoms with Gasteiger partial charge in [0.05, 0.1) is 11.5 Å². The number of aliphatic hydroxyl groups excluding tert-OH is 1. The first kappa shape index (κ1) is 15.8. The van der Waals surface area contributed by atoms with Crippen LogP contribution in [0.15, 0.2) is 0 Å². The van der Waals surface area contributed by atoms with E-state index in [2.05, 4.69) is 0 Å². The van der Waals surface area contributed by atoms with E-state index < -0.39 is 17.5 Å². The fraction of sp³-hybridized carbons (Fsp3) is 0.846. The van der Waals surface area contributed by atoms with Crippen LogP contribution in [-0.2, 0) is 4.79 Å². The molecule has 0 aromatic rings. The highest BCUT2D eigenvalue weighted by Crippen LogP contribution is 2.31. The minimum Gasteiger partial charge on any atom is -0.481 e. The number of aliphatic hydroxyl groups is 1. The normalized spacial score (nSPS) is 19.9. The summed E-state index contributed by atoms with van der Waals surface area (Å²) in [6.07, 6.45) is 1.09. The van der Waals surface area contributed by atoms with E-state index in [1.54, 1.807) is 30.7 Å². The van der Waals surface area contributed by atoms with Crippen LogP contribution < -0.4 is 0 Å². The summed E-state index contributed by atoms with van der Waals surface area (Å²) in [6.45, 7) is 4.87. The number of carbonyl (C=O) groups excluding carboxylic acids is 1. The van der Waals surface area contributed by atoms with Gasteiger partial charge >= 0.3 is 12.0 Å². The molecule has 6 nitrogen and oxygen atoms in total. The zero-order valence-electron chi connectivity index (χ0n) is 11.9. The van der Waals surface area contributed by atoms with Gasteiger partial charge in [0.15, 0.2) is 0 Å². The monoisotopic (exact) mass is 272 g/mol. The fourth-order valence-electron chi connectivity index (χ4n) is 2.12. The van der Waals surface area contributed by atoms with Crippen molar-refractivity contribution in [1.29, 1.82) is 0 Å². The quantitative estimate of drug-likeness (QED) is 0.800. The number of carboxylic acids is 1. The summed E-state index contributed by atoms with van der Waals surface area (Å²) in [5, 5.41) is 18.3. The molecule has 0 aromatic heterocycles. The van der Waals surface area contributed by atoms with E-state index in [0.29, 0.717) is 38.9 Å². The van der Waals surface area contributed by atoms with Crippen molar-refractivity contribution in [2.75, 3.05) is 26.7 Å². The fourth-order valence-corrected chi connectivity index (χ4v) is 2.12. The van der Waals surface area contributed by atoms with Gasteiger partial charge in [-0.3, -0.25) is 4.79 Å². The van der Waals surface area contributed by atoms with Gasteiger partial charge in [-0.2, -0.15) is 0 Å². The molecule has 1 atom stereocenters. The topological polar surface area (TPSA) is 81.1 Å². The maximum Gasteiger partial charge on any atom is 0.319 e. The highest BCUT2D eigenvalue weighted by atomic mass is 16.4. The molecule has 2 amide bonds. The minimum absolute atomic E-state index is 0.0897. The lowest BCUT2D eigenvalue weighted by Gasteiger charge is -2.38. The second-order valence-electron chi connectivity index (χ2n) is 5.69. The molecule has 0 bridgehead atoms.